The molecule has 5 nitrogen and oxygen atoms in total. The number of anilines is 1. The van der Waals surface area contributed by atoms with Gasteiger partial charge in [-0.25, -0.2) is 9.18 Å². The van der Waals surface area contributed by atoms with Crippen LogP contribution in [0.15, 0.2) is 59.1 Å². The number of hydrogen-bond acceptors (Lipinski definition) is 4. The van der Waals surface area contributed by atoms with E-state index in [9.17, 15) is 9.18 Å². The quantitative estimate of drug-likeness (QED) is 0.344. The molecule has 0 heterocycles. The highest BCUT2D eigenvalue weighted by molar-refractivity contribution is 9.10. The van der Waals surface area contributed by atoms with Gasteiger partial charge in [-0.05, 0) is 60.5 Å². The fourth-order valence-corrected chi connectivity index (χ4v) is 3.56. The summed E-state index contributed by atoms with van der Waals surface area (Å²) in [5.41, 5.74) is 2.49. The maximum Gasteiger partial charge on any atom is 0.337 e. The Hall–Kier alpha value is -2.77. The molecule has 8 heteroatoms. The zero-order chi connectivity index (χ0) is 22.4. The highest BCUT2D eigenvalue weighted by atomic mass is 79.9. The molecule has 0 aliphatic rings. The van der Waals surface area contributed by atoms with Crippen molar-refractivity contribution in [2.24, 2.45) is 0 Å². The summed E-state index contributed by atoms with van der Waals surface area (Å²) < 4.78 is 25.5. The molecule has 0 amide bonds. The Kier molecular flexibility index (Phi) is 7.76. The van der Waals surface area contributed by atoms with Crippen LogP contribution in [0.4, 0.5) is 10.1 Å². The van der Waals surface area contributed by atoms with Crippen molar-refractivity contribution in [3.63, 3.8) is 0 Å². The topological polar surface area (TPSA) is 67.8 Å². The van der Waals surface area contributed by atoms with Crippen LogP contribution in [0.25, 0.3) is 0 Å². The summed E-state index contributed by atoms with van der Waals surface area (Å²) in [7, 11) is 0. The molecule has 0 fully saturated rings. The third-order valence-corrected chi connectivity index (χ3v) is 5.45. The minimum atomic E-state index is -1.07. The number of benzene rings is 3. The molecule has 0 bridgehead atoms. The number of carboxylic acids is 1. The standard InChI is InChI=1S/C23H20BrClFNO4/c1-2-30-21-9-15(12-27-17-7-8-18(23(28)29)20(25)10-17)19(24)11-22(21)31-13-14-3-5-16(26)6-4-14/h3-11,27H,2,12-13H2,1H3,(H,28,29). The third kappa shape index (κ3) is 6.12. The SMILES string of the molecule is CCOc1cc(CNc2ccc(C(=O)O)c(Cl)c2)c(Br)cc1OCc1ccc(F)cc1. The van der Waals surface area contributed by atoms with Gasteiger partial charge >= 0.3 is 5.97 Å². The summed E-state index contributed by atoms with van der Waals surface area (Å²) in [4.78, 5) is 11.1. The minimum Gasteiger partial charge on any atom is -0.490 e. The van der Waals surface area contributed by atoms with E-state index in [-0.39, 0.29) is 23.0 Å². The zero-order valence-electron chi connectivity index (χ0n) is 16.6. The summed E-state index contributed by atoms with van der Waals surface area (Å²) >= 11 is 9.59. The van der Waals surface area contributed by atoms with Crippen molar-refractivity contribution in [3.05, 3.63) is 86.6 Å². The summed E-state index contributed by atoms with van der Waals surface area (Å²) in [6.45, 7) is 3.07. The predicted octanol–water partition coefficient (Wildman–Crippen LogP) is 6.53. The van der Waals surface area contributed by atoms with Gasteiger partial charge in [0.2, 0.25) is 0 Å². The lowest BCUT2D eigenvalue weighted by Gasteiger charge is -2.16. The molecule has 0 atom stereocenters. The Morgan fingerprint density at radius 3 is 2.45 bits per heavy atom. The molecule has 0 saturated carbocycles. The fourth-order valence-electron chi connectivity index (χ4n) is 2.83. The third-order valence-electron chi connectivity index (χ3n) is 4.40. The first kappa shape index (κ1) is 22.9. The summed E-state index contributed by atoms with van der Waals surface area (Å²) in [5, 5.41) is 12.5. The van der Waals surface area contributed by atoms with Crippen LogP contribution in [0.3, 0.4) is 0 Å². The largest absolute Gasteiger partial charge is 0.490 e. The van der Waals surface area contributed by atoms with E-state index >= 15 is 0 Å². The Labute approximate surface area is 192 Å². The molecule has 0 spiro atoms. The highest BCUT2D eigenvalue weighted by Crippen LogP contribution is 2.35. The van der Waals surface area contributed by atoms with Crippen LogP contribution in [0.5, 0.6) is 11.5 Å². The molecule has 3 aromatic carbocycles. The van der Waals surface area contributed by atoms with E-state index in [1.54, 1.807) is 24.3 Å². The highest BCUT2D eigenvalue weighted by Gasteiger charge is 2.13. The molecule has 3 aromatic rings. The van der Waals surface area contributed by atoms with Crippen LogP contribution in [0, 0.1) is 5.82 Å². The minimum absolute atomic E-state index is 0.0506. The molecule has 31 heavy (non-hydrogen) atoms. The normalized spacial score (nSPS) is 10.6. The fraction of sp³-hybridized carbons (Fsp3) is 0.174. The predicted molar refractivity (Wildman–Crippen MR) is 122 cm³/mol. The van der Waals surface area contributed by atoms with Crippen molar-refractivity contribution in [1.82, 2.24) is 0 Å². The van der Waals surface area contributed by atoms with Crippen LogP contribution in [-0.4, -0.2) is 17.7 Å². The van der Waals surface area contributed by atoms with Gasteiger partial charge in [-0.3, -0.25) is 0 Å². The molecule has 3 rings (SSSR count). The smallest absolute Gasteiger partial charge is 0.337 e. The van der Waals surface area contributed by atoms with Crippen LogP contribution in [0.1, 0.15) is 28.4 Å². The monoisotopic (exact) mass is 507 g/mol. The summed E-state index contributed by atoms with van der Waals surface area (Å²) in [5.74, 6) is -0.214. The van der Waals surface area contributed by atoms with E-state index < -0.39 is 5.97 Å². The Morgan fingerprint density at radius 1 is 1.10 bits per heavy atom. The first-order chi connectivity index (χ1) is 14.9. The second kappa shape index (κ2) is 10.5. The number of rotatable bonds is 9. The molecule has 0 aliphatic heterocycles. The lowest BCUT2D eigenvalue weighted by molar-refractivity contribution is 0.0697. The van der Waals surface area contributed by atoms with Gasteiger partial charge in [0.05, 0.1) is 17.2 Å². The van der Waals surface area contributed by atoms with Gasteiger partial charge < -0.3 is 19.9 Å². The van der Waals surface area contributed by atoms with Gasteiger partial charge in [0, 0.05) is 16.7 Å². The van der Waals surface area contributed by atoms with Gasteiger partial charge in [0.25, 0.3) is 0 Å². The van der Waals surface area contributed by atoms with Crippen molar-refractivity contribution in [1.29, 1.82) is 0 Å². The number of carboxylic acid groups (broad SMARTS) is 1. The second-order valence-electron chi connectivity index (χ2n) is 6.59. The van der Waals surface area contributed by atoms with Gasteiger partial charge in [-0.15, -0.1) is 0 Å². The number of ether oxygens (including phenoxy) is 2. The van der Waals surface area contributed by atoms with Crippen LogP contribution < -0.4 is 14.8 Å². The van der Waals surface area contributed by atoms with E-state index in [1.165, 1.54) is 18.2 Å². The molecule has 2 N–H and O–H groups in total. The van der Waals surface area contributed by atoms with Crippen molar-refractivity contribution < 1.29 is 23.8 Å². The van der Waals surface area contributed by atoms with E-state index in [0.717, 1.165) is 15.6 Å². The zero-order valence-corrected chi connectivity index (χ0v) is 19.0. The number of hydrogen-bond donors (Lipinski definition) is 2. The van der Waals surface area contributed by atoms with E-state index in [0.29, 0.717) is 30.3 Å². The van der Waals surface area contributed by atoms with Crippen molar-refractivity contribution in [2.45, 2.75) is 20.1 Å². The summed E-state index contributed by atoms with van der Waals surface area (Å²) in [6, 6.07) is 14.5. The number of aromatic carboxylic acids is 1. The van der Waals surface area contributed by atoms with Crippen LogP contribution in [-0.2, 0) is 13.2 Å². The molecule has 0 aromatic heterocycles. The number of halogens is 3. The van der Waals surface area contributed by atoms with Crippen LogP contribution >= 0.6 is 27.5 Å². The van der Waals surface area contributed by atoms with Gasteiger partial charge in [-0.1, -0.05) is 39.7 Å². The maximum absolute atomic E-state index is 13.1. The maximum atomic E-state index is 13.1. The van der Waals surface area contributed by atoms with E-state index in [2.05, 4.69) is 21.2 Å². The lowest BCUT2D eigenvalue weighted by atomic mass is 10.1. The molecule has 0 aliphatic carbocycles. The molecule has 0 radical (unpaired) electrons. The Morgan fingerprint density at radius 2 is 1.81 bits per heavy atom. The molecule has 0 saturated heterocycles. The van der Waals surface area contributed by atoms with Gasteiger partial charge in [0.15, 0.2) is 11.5 Å². The van der Waals surface area contributed by atoms with Crippen molar-refractivity contribution in [2.75, 3.05) is 11.9 Å². The number of carbonyl (C=O) groups is 1. The van der Waals surface area contributed by atoms with Crippen molar-refractivity contribution >= 4 is 39.2 Å². The second-order valence-corrected chi connectivity index (χ2v) is 7.85. The Bertz CT molecular complexity index is 1080. The average Bonchev–Trinajstić information content (AvgIpc) is 2.73. The van der Waals surface area contributed by atoms with E-state index in [1.807, 2.05) is 19.1 Å². The molecular formula is C23H20BrClFNO4. The molecule has 0 unspecified atom stereocenters. The van der Waals surface area contributed by atoms with Gasteiger partial charge in [-0.2, -0.15) is 0 Å². The van der Waals surface area contributed by atoms with Gasteiger partial charge in [0.1, 0.15) is 12.4 Å². The van der Waals surface area contributed by atoms with Crippen LogP contribution in [0.2, 0.25) is 5.02 Å². The lowest BCUT2D eigenvalue weighted by Crippen LogP contribution is -2.05. The molecule has 162 valence electrons. The van der Waals surface area contributed by atoms with Crippen molar-refractivity contribution in [3.8, 4) is 11.5 Å². The first-order valence-electron chi connectivity index (χ1n) is 9.46. The van der Waals surface area contributed by atoms with E-state index in [4.69, 9.17) is 26.2 Å². The Balaban J connectivity index is 1.74. The number of nitrogens with one attached hydrogen (secondary N) is 1. The molecular weight excluding hydrogens is 489 g/mol. The average molecular weight is 509 g/mol. The first-order valence-corrected chi connectivity index (χ1v) is 10.6. The summed E-state index contributed by atoms with van der Waals surface area (Å²) in [6.07, 6.45) is 0.